The quantitative estimate of drug-likeness (QED) is 0.759. The molecular weight excluding hydrogens is 282 g/mol. The van der Waals surface area contributed by atoms with Gasteiger partial charge < -0.3 is 16.0 Å². The number of carbonyl (C=O) groups is 1. The second kappa shape index (κ2) is 7.40. The standard InChI is InChI=1S/C16H17N3OS/c1-17-16(21)19-14-9-7-13(8-10-14)15(20)18-11-12-5-3-2-4-6-12/h2-10H,11H2,1H3,(H,18,20)(H2,17,19,21). The van der Waals surface area contributed by atoms with Crippen LogP contribution in [0.15, 0.2) is 54.6 Å². The van der Waals surface area contributed by atoms with Crippen LogP contribution in [0, 0.1) is 0 Å². The molecule has 0 radical (unpaired) electrons. The van der Waals surface area contributed by atoms with Crippen LogP contribution in [-0.2, 0) is 6.54 Å². The van der Waals surface area contributed by atoms with E-state index in [0.29, 0.717) is 17.2 Å². The van der Waals surface area contributed by atoms with Crippen LogP contribution in [0.25, 0.3) is 0 Å². The Labute approximate surface area is 129 Å². The molecule has 2 rings (SSSR count). The van der Waals surface area contributed by atoms with Crippen molar-refractivity contribution in [2.24, 2.45) is 0 Å². The van der Waals surface area contributed by atoms with Gasteiger partial charge in [0.2, 0.25) is 0 Å². The maximum Gasteiger partial charge on any atom is 0.251 e. The SMILES string of the molecule is CNC(=S)Nc1ccc(C(=O)NCc2ccccc2)cc1. The summed E-state index contributed by atoms with van der Waals surface area (Å²) in [5, 5.41) is 9.26. The average Bonchev–Trinajstić information content (AvgIpc) is 2.54. The molecule has 0 fully saturated rings. The zero-order chi connectivity index (χ0) is 15.1. The van der Waals surface area contributed by atoms with Crippen molar-refractivity contribution in [3.63, 3.8) is 0 Å². The van der Waals surface area contributed by atoms with Gasteiger partial charge in [0.15, 0.2) is 5.11 Å². The van der Waals surface area contributed by atoms with Gasteiger partial charge in [-0.2, -0.15) is 0 Å². The third-order valence-corrected chi connectivity index (χ3v) is 3.23. The van der Waals surface area contributed by atoms with E-state index < -0.39 is 0 Å². The van der Waals surface area contributed by atoms with E-state index in [0.717, 1.165) is 11.3 Å². The largest absolute Gasteiger partial charge is 0.366 e. The highest BCUT2D eigenvalue weighted by molar-refractivity contribution is 7.80. The number of benzene rings is 2. The summed E-state index contributed by atoms with van der Waals surface area (Å²) >= 11 is 5.02. The van der Waals surface area contributed by atoms with Gasteiger partial charge in [0.1, 0.15) is 0 Å². The van der Waals surface area contributed by atoms with Crippen LogP contribution < -0.4 is 16.0 Å². The summed E-state index contributed by atoms with van der Waals surface area (Å²) in [7, 11) is 1.75. The number of amides is 1. The van der Waals surface area contributed by atoms with Gasteiger partial charge in [0, 0.05) is 24.8 Å². The number of anilines is 1. The van der Waals surface area contributed by atoms with Crippen molar-refractivity contribution in [2.45, 2.75) is 6.54 Å². The maximum atomic E-state index is 12.0. The van der Waals surface area contributed by atoms with Crippen LogP contribution in [0.2, 0.25) is 0 Å². The molecule has 0 atom stereocenters. The van der Waals surface area contributed by atoms with Crippen molar-refractivity contribution < 1.29 is 4.79 Å². The maximum absolute atomic E-state index is 12.0. The number of carbonyl (C=O) groups excluding carboxylic acids is 1. The first kappa shape index (κ1) is 15.0. The Morgan fingerprint density at radius 1 is 1.05 bits per heavy atom. The van der Waals surface area contributed by atoms with Crippen LogP contribution in [0.4, 0.5) is 5.69 Å². The first-order valence-corrected chi connectivity index (χ1v) is 7.01. The molecule has 0 aliphatic heterocycles. The van der Waals surface area contributed by atoms with Crippen molar-refractivity contribution in [2.75, 3.05) is 12.4 Å². The molecule has 3 N–H and O–H groups in total. The van der Waals surface area contributed by atoms with Crippen molar-refractivity contribution in [3.05, 3.63) is 65.7 Å². The molecule has 0 unspecified atom stereocenters. The predicted molar refractivity (Wildman–Crippen MR) is 89.3 cm³/mol. The molecule has 0 saturated carbocycles. The second-order valence-corrected chi connectivity index (χ2v) is 4.86. The molecular formula is C16H17N3OS. The summed E-state index contributed by atoms with van der Waals surface area (Å²) in [6.07, 6.45) is 0. The highest BCUT2D eigenvalue weighted by Crippen LogP contribution is 2.09. The fourth-order valence-corrected chi connectivity index (χ4v) is 1.90. The highest BCUT2D eigenvalue weighted by Gasteiger charge is 2.05. The number of hydrogen-bond acceptors (Lipinski definition) is 2. The predicted octanol–water partition coefficient (Wildman–Crippen LogP) is 2.53. The minimum absolute atomic E-state index is 0.0957. The fraction of sp³-hybridized carbons (Fsp3) is 0.125. The first-order chi connectivity index (χ1) is 10.2. The van der Waals surface area contributed by atoms with Crippen LogP contribution in [0.3, 0.4) is 0 Å². The third-order valence-electron chi connectivity index (χ3n) is 2.93. The zero-order valence-corrected chi connectivity index (χ0v) is 12.5. The van der Waals surface area contributed by atoms with Crippen molar-refractivity contribution >= 4 is 28.9 Å². The summed E-state index contributed by atoms with van der Waals surface area (Å²) in [6, 6.07) is 17.0. The van der Waals surface area contributed by atoms with E-state index in [2.05, 4.69) is 16.0 Å². The Hall–Kier alpha value is -2.40. The molecule has 2 aromatic carbocycles. The molecule has 0 aliphatic carbocycles. The molecule has 4 nitrogen and oxygen atoms in total. The summed E-state index contributed by atoms with van der Waals surface area (Å²) in [5.41, 5.74) is 2.53. The van der Waals surface area contributed by atoms with Crippen LogP contribution in [0.5, 0.6) is 0 Å². The molecule has 21 heavy (non-hydrogen) atoms. The third kappa shape index (κ3) is 4.57. The van der Waals surface area contributed by atoms with Crippen molar-refractivity contribution in [1.82, 2.24) is 10.6 Å². The van der Waals surface area contributed by atoms with E-state index >= 15 is 0 Å². The smallest absolute Gasteiger partial charge is 0.251 e. The van der Waals surface area contributed by atoms with Crippen molar-refractivity contribution in [1.29, 1.82) is 0 Å². The molecule has 108 valence electrons. The van der Waals surface area contributed by atoms with Gasteiger partial charge in [-0.05, 0) is 42.0 Å². The Morgan fingerprint density at radius 3 is 2.33 bits per heavy atom. The van der Waals surface area contributed by atoms with E-state index in [-0.39, 0.29) is 5.91 Å². The normalized spacial score (nSPS) is 9.76. The van der Waals surface area contributed by atoms with Gasteiger partial charge in [-0.3, -0.25) is 4.79 Å². The number of rotatable bonds is 4. The molecule has 5 heteroatoms. The Balaban J connectivity index is 1.92. The lowest BCUT2D eigenvalue weighted by Gasteiger charge is -2.08. The minimum Gasteiger partial charge on any atom is -0.366 e. The molecule has 0 saturated heterocycles. The van der Waals surface area contributed by atoms with E-state index in [1.165, 1.54) is 0 Å². The number of thiocarbonyl (C=S) groups is 1. The van der Waals surface area contributed by atoms with Gasteiger partial charge in [0.25, 0.3) is 5.91 Å². The van der Waals surface area contributed by atoms with Gasteiger partial charge in [0.05, 0.1) is 0 Å². The number of hydrogen-bond donors (Lipinski definition) is 3. The van der Waals surface area contributed by atoms with Gasteiger partial charge in [-0.25, -0.2) is 0 Å². The first-order valence-electron chi connectivity index (χ1n) is 6.60. The van der Waals surface area contributed by atoms with Crippen molar-refractivity contribution in [3.8, 4) is 0 Å². The van der Waals surface area contributed by atoms with Crippen LogP contribution >= 0.6 is 12.2 Å². The van der Waals surface area contributed by atoms with E-state index in [9.17, 15) is 4.79 Å². The highest BCUT2D eigenvalue weighted by atomic mass is 32.1. The molecule has 0 bridgehead atoms. The van der Waals surface area contributed by atoms with E-state index in [1.807, 2.05) is 42.5 Å². The lowest BCUT2D eigenvalue weighted by atomic mass is 10.2. The summed E-state index contributed by atoms with van der Waals surface area (Å²) < 4.78 is 0. The summed E-state index contributed by atoms with van der Waals surface area (Å²) in [5.74, 6) is -0.0957. The summed E-state index contributed by atoms with van der Waals surface area (Å²) in [6.45, 7) is 0.517. The molecule has 0 aromatic heterocycles. The molecule has 0 spiro atoms. The molecule has 0 aliphatic rings. The lowest BCUT2D eigenvalue weighted by Crippen LogP contribution is -2.24. The fourth-order valence-electron chi connectivity index (χ4n) is 1.78. The zero-order valence-electron chi connectivity index (χ0n) is 11.7. The minimum atomic E-state index is -0.0957. The molecule has 0 heterocycles. The van der Waals surface area contributed by atoms with Crippen LogP contribution in [0.1, 0.15) is 15.9 Å². The van der Waals surface area contributed by atoms with Crippen LogP contribution in [-0.4, -0.2) is 18.1 Å². The Kier molecular flexibility index (Phi) is 5.29. The Bertz CT molecular complexity index is 611. The summed E-state index contributed by atoms with van der Waals surface area (Å²) in [4.78, 5) is 12.0. The lowest BCUT2D eigenvalue weighted by molar-refractivity contribution is 0.0951. The van der Waals surface area contributed by atoms with E-state index in [1.54, 1.807) is 19.2 Å². The monoisotopic (exact) mass is 299 g/mol. The number of nitrogens with one attached hydrogen (secondary N) is 3. The molecule has 1 amide bonds. The van der Waals surface area contributed by atoms with Gasteiger partial charge in [-0.15, -0.1) is 0 Å². The van der Waals surface area contributed by atoms with Gasteiger partial charge >= 0.3 is 0 Å². The topological polar surface area (TPSA) is 53.2 Å². The second-order valence-electron chi connectivity index (χ2n) is 4.45. The Morgan fingerprint density at radius 2 is 1.71 bits per heavy atom. The average molecular weight is 299 g/mol. The van der Waals surface area contributed by atoms with Gasteiger partial charge in [-0.1, -0.05) is 30.3 Å². The molecule has 2 aromatic rings. The van der Waals surface area contributed by atoms with E-state index in [4.69, 9.17) is 12.2 Å².